The minimum Gasteiger partial charge on any atom is -0.492 e. The van der Waals surface area contributed by atoms with Crippen LogP contribution < -0.4 is 4.74 Å². The molecule has 1 aromatic heterocycles. The molecule has 21 heavy (non-hydrogen) atoms. The minimum absolute atomic E-state index is 0.409. The minimum atomic E-state index is 0.409. The molecule has 2 rings (SSSR count). The van der Waals surface area contributed by atoms with Gasteiger partial charge in [-0.3, -0.25) is 4.90 Å². The lowest BCUT2D eigenvalue weighted by molar-refractivity contribution is 0.202. The molecule has 0 aliphatic rings. The Labute approximate surface area is 130 Å². The lowest BCUT2D eigenvalue weighted by Crippen LogP contribution is -2.26. The van der Waals surface area contributed by atoms with Crippen LogP contribution in [0.5, 0.6) is 5.75 Å². The maximum Gasteiger partial charge on any atom is 0.119 e. The molecule has 0 N–H and O–H groups in total. The van der Waals surface area contributed by atoms with Gasteiger partial charge >= 0.3 is 0 Å². The fourth-order valence-corrected chi connectivity index (χ4v) is 2.89. The summed E-state index contributed by atoms with van der Waals surface area (Å²) in [5, 5.41) is 10.7. The number of nitrogens with zero attached hydrogens (tertiary/aromatic N) is 2. The third-order valence-electron chi connectivity index (χ3n) is 3.54. The van der Waals surface area contributed by atoms with Crippen LogP contribution in [0.25, 0.3) is 0 Å². The van der Waals surface area contributed by atoms with Crippen LogP contribution in [-0.2, 0) is 6.42 Å². The van der Waals surface area contributed by atoms with E-state index in [1.165, 1.54) is 4.88 Å². The molecule has 0 spiro atoms. The van der Waals surface area contributed by atoms with E-state index in [-0.39, 0.29) is 0 Å². The van der Waals surface area contributed by atoms with Crippen LogP contribution in [0.4, 0.5) is 0 Å². The molecular weight excluding hydrogens is 280 g/mol. The summed E-state index contributed by atoms with van der Waals surface area (Å²) in [5.41, 5.74) is 1.02. The monoisotopic (exact) mass is 300 g/mol. The van der Waals surface area contributed by atoms with E-state index in [0.29, 0.717) is 19.1 Å². The van der Waals surface area contributed by atoms with E-state index < -0.39 is 0 Å². The van der Waals surface area contributed by atoms with Gasteiger partial charge in [0, 0.05) is 17.5 Å². The number of hydrogen-bond acceptors (Lipinski definition) is 4. The Balaban J connectivity index is 1.77. The SMILES string of the molecule is CC(c1cccs1)N(C)CCOc1ccc(CC#N)cc1. The fraction of sp³-hybridized carbons (Fsp3) is 0.353. The van der Waals surface area contributed by atoms with Crippen molar-refractivity contribution < 1.29 is 4.74 Å². The standard InChI is InChI=1S/C17H20N2OS/c1-14(17-4-3-13-21-17)19(2)11-12-20-16-7-5-15(6-8-16)9-10-18/h3-8,13-14H,9,11-12H2,1-2H3. The Morgan fingerprint density at radius 3 is 2.67 bits per heavy atom. The van der Waals surface area contributed by atoms with E-state index >= 15 is 0 Å². The van der Waals surface area contributed by atoms with Gasteiger partial charge in [-0.1, -0.05) is 18.2 Å². The fourth-order valence-electron chi connectivity index (χ4n) is 2.04. The highest BCUT2D eigenvalue weighted by Gasteiger charge is 2.12. The summed E-state index contributed by atoms with van der Waals surface area (Å²) in [6.45, 7) is 3.74. The molecule has 0 saturated heterocycles. The molecule has 1 heterocycles. The van der Waals surface area contributed by atoms with Crippen molar-refractivity contribution in [3.05, 3.63) is 52.2 Å². The smallest absolute Gasteiger partial charge is 0.119 e. The summed E-state index contributed by atoms with van der Waals surface area (Å²) >= 11 is 1.79. The van der Waals surface area contributed by atoms with Gasteiger partial charge in [0.25, 0.3) is 0 Å². The Hall–Kier alpha value is -1.83. The van der Waals surface area contributed by atoms with E-state index in [1.54, 1.807) is 11.3 Å². The predicted octanol–water partition coefficient (Wildman–Crippen LogP) is 3.89. The third-order valence-corrected chi connectivity index (χ3v) is 4.58. The van der Waals surface area contributed by atoms with Gasteiger partial charge in [-0.15, -0.1) is 11.3 Å². The summed E-state index contributed by atoms with van der Waals surface area (Å²) in [7, 11) is 2.11. The maximum absolute atomic E-state index is 8.64. The quantitative estimate of drug-likeness (QED) is 0.778. The molecule has 0 bridgehead atoms. The van der Waals surface area contributed by atoms with Crippen LogP contribution >= 0.6 is 11.3 Å². The number of ether oxygens (including phenoxy) is 1. The van der Waals surface area contributed by atoms with E-state index in [4.69, 9.17) is 10.00 Å². The van der Waals surface area contributed by atoms with Crippen LogP contribution in [0.1, 0.15) is 23.4 Å². The largest absolute Gasteiger partial charge is 0.492 e. The molecule has 0 radical (unpaired) electrons. The van der Waals surface area contributed by atoms with Gasteiger partial charge in [0.15, 0.2) is 0 Å². The zero-order valence-corrected chi connectivity index (χ0v) is 13.3. The predicted molar refractivity (Wildman–Crippen MR) is 86.6 cm³/mol. The highest BCUT2D eigenvalue weighted by atomic mass is 32.1. The average molecular weight is 300 g/mol. The Morgan fingerprint density at radius 2 is 2.05 bits per heavy atom. The van der Waals surface area contributed by atoms with Gasteiger partial charge < -0.3 is 4.74 Å². The molecule has 0 fully saturated rings. The second kappa shape index (κ2) is 7.82. The molecule has 110 valence electrons. The van der Waals surface area contributed by atoms with E-state index in [0.717, 1.165) is 17.9 Å². The molecule has 1 unspecified atom stereocenters. The Bertz CT molecular complexity index is 572. The number of likely N-dealkylation sites (N-methyl/N-ethyl adjacent to an activating group) is 1. The number of hydrogen-bond donors (Lipinski definition) is 0. The first kappa shape index (κ1) is 15.6. The van der Waals surface area contributed by atoms with Crippen LogP contribution in [0.15, 0.2) is 41.8 Å². The summed E-state index contributed by atoms with van der Waals surface area (Å²) in [5.74, 6) is 0.855. The topological polar surface area (TPSA) is 36.3 Å². The normalized spacial score (nSPS) is 12.1. The van der Waals surface area contributed by atoms with Crippen molar-refractivity contribution in [2.24, 2.45) is 0 Å². The van der Waals surface area contributed by atoms with Crippen LogP contribution in [-0.4, -0.2) is 25.1 Å². The van der Waals surface area contributed by atoms with Crippen molar-refractivity contribution in [1.29, 1.82) is 5.26 Å². The van der Waals surface area contributed by atoms with E-state index in [1.807, 2.05) is 24.3 Å². The third kappa shape index (κ3) is 4.59. The molecule has 0 amide bonds. The van der Waals surface area contributed by atoms with Crippen molar-refractivity contribution in [2.75, 3.05) is 20.2 Å². The second-order valence-corrected chi connectivity index (χ2v) is 5.98. The van der Waals surface area contributed by atoms with Gasteiger partial charge in [-0.05, 0) is 43.1 Å². The average Bonchev–Trinajstić information content (AvgIpc) is 3.02. The summed E-state index contributed by atoms with van der Waals surface area (Å²) in [6, 6.07) is 14.5. The number of benzene rings is 1. The summed E-state index contributed by atoms with van der Waals surface area (Å²) in [4.78, 5) is 3.66. The van der Waals surface area contributed by atoms with E-state index in [9.17, 15) is 0 Å². The summed E-state index contributed by atoms with van der Waals surface area (Å²) in [6.07, 6.45) is 0.446. The van der Waals surface area contributed by atoms with Crippen molar-refractivity contribution >= 4 is 11.3 Å². The molecule has 4 heteroatoms. The Morgan fingerprint density at radius 1 is 1.29 bits per heavy atom. The zero-order valence-electron chi connectivity index (χ0n) is 12.5. The molecule has 1 atom stereocenters. The Kier molecular flexibility index (Phi) is 5.79. The number of rotatable bonds is 7. The van der Waals surface area contributed by atoms with E-state index in [2.05, 4.69) is 42.5 Å². The molecule has 0 aliphatic carbocycles. The van der Waals surface area contributed by atoms with Gasteiger partial charge in [-0.25, -0.2) is 0 Å². The van der Waals surface area contributed by atoms with Crippen molar-refractivity contribution in [3.63, 3.8) is 0 Å². The van der Waals surface area contributed by atoms with Gasteiger partial charge in [0.2, 0.25) is 0 Å². The molecule has 1 aromatic carbocycles. The molecule has 2 aromatic rings. The van der Waals surface area contributed by atoms with Crippen LogP contribution in [0, 0.1) is 11.3 Å². The second-order valence-electron chi connectivity index (χ2n) is 5.00. The molecule has 0 saturated carbocycles. The highest BCUT2D eigenvalue weighted by Crippen LogP contribution is 2.23. The van der Waals surface area contributed by atoms with Gasteiger partial charge in [0.1, 0.15) is 12.4 Å². The number of thiophene rings is 1. The molecular formula is C17H20N2OS. The van der Waals surface area contributed by atoms with Gasteiger partial charge in [-0.2, -0.15) is 5.26 Å². The molecule has 3 nitrogen and oxygen atoms in total. The molecule has 0 aliphatic heterocycles. The highest BCUT2D eigenvalue weighted by molar-refractivity contribution is 7.10. The zero-order chi connectivity index (χ0) is 15.1. The van der Waals surface area contributed by atoms with Crippen LogP contribution in [0.2, 0.25) is 0 Å². The van der Waals surface area contributed by atoms with Crippen LogP contribution in [0.3, 0.4) is 0 Å². The summed E-state index contributed by atoms with van der Waals surface area (Å²) < 4.78 is 5.76. The van der Waals surface area contributed by atoms with Crippen molar-refractivity contribution in [1.82, 2.24) is 4.90 Å². The van der Waals surface area contributed by atoms with Crippen molar-refractivity contribution in [3.8, 4) is 11.8 Å². The number of nitriles is 1. The first-order valence-corrected chi connectivity index (χ1v) is 7.91. The lowest BCUT2D eigenvalue weighted by Gasteiger charge is -2.23. The lowest BCUT2D eigenvalue weighted by atomic mass is 10.2. The van der Waals surface area contributed by atoms with Gasteiger partial charge in [0.05, 0.1) is 12.5 Å². The first-order chi connectivity index (χ1) is 10.2. The first-order valence-electron chi connectivity index (χ1n) is 7.03. The van der Waals surface area contributed by atoms with Crippen molar-refractivity contribution in [2.45, 2.75) is 19.4 Å². The maximum atomic E-state index is 8.64.